The number of fused-ring (bicyclic) bond motifs is 2. The van der Waals surface area contributed by atoms with Crippen molar-refractivity contribution in [3.63, 3.8) is 0 Å². The maximum Gasteiger partial charge on any atom is 0.281 e. The van der Waals surface area contributed by atoms with Gasteiger partial charge in [-0.25, -0.2) is 9.37 Å². The molecule has 2 aliphatic rings. The number of aromatic nitrogens is 1. The van der Waals surface area contributed by atoms with Crippen LogP contribution in [0, 0.1) is 5.82 Å². The minimum Gasteiger partial charge on any atom is -0.468 e. The quantitative estimate of drug-likeness (QED) is 0.801. The zero-order valence-electron chi connectivity index (χ0n) is 13.1. The lowest BCUT2D eigenvalue weighted by Gasteiger charge is -2.32. The summed E-state index contributed by atoms with van der Waals surface area (Å²) in [5.74, 6) is -0.694. The maximum atomic E-state index is 13.8. The molecule has 2 fully saturated rings. The standard InChI is InChI=1S/C14H20FN3O4S/c1-17(2)23(19,20)18-8-9-21-12-6-5-11(18)13(12)22-14-10(15)4-3-7-16-14/h3-4,7,11-13H,5-6,8-9H2,1-2H3. The zero-order valence-corrected chi connectivity index (χ0v) is 13.9. The summed E-state index contributed by atoms with van der Waals surface area (Å²) < 4.78 is 52.9. The summed E-state index contributed by atoms with van der Waals surface area (Å²) in [5, 5.41) is 0. The SMILES string of the molecule is CN(C)S(=O)(=O)N1CCOC2CCC1C2Oc1ncccc1F. The molecule has 7 nitrogen and oxygen atoms in total. The molecule has 3 unspecified atom stereocenters. The second-order valence-corrected chi connectivity index (χ2v) is 7.92. The van der Waals surface area contributed by atoms with Crippen molar-refractivity contribution in [1.82, 2.24) is 13.6 Å². The number of nitrogens with zero attached hydrogens (tertiary/aromatic N) is 3. The van der Waals surface area contributed by atoms with E-state index in [4.69, 9.17) is 9.47 Å². The summed E-state index contributed by atoms with van der Waals surface area (Å²) in [4.78, 5) is 3.89. The molecule has 0 N–H and O–H groups in total. The molecule has 1 aromatic rings. The van der Waals surface area contributed by atoms with Crippen LogP contribution in [-0.2, 0) is 14.9 Å². The van der Waals surface area contributed by atoms with Crippen LogP contribution in [0.4, 0.5) is 4.39 Å². The highest BCUT2D eigenvalue weighted by molar-refractivity contribution is 7.86. The minimum absolute atomic E-state index is 0.123. The molecule has 1 aliphatic heterocycles. The van der Waals surface area contributed by atoms with E-state index in [-0.39, 0.29) is 18.5 Å². The molecule has 0 radical (unpaired) electrons. The number of pyridine rings is 1. The first kappa shape index (κ1) is 16.6. The predicted octanol–water partition coefficient (Wildman–Crippen LogP) is 0.638. The molecule has 0 spiro atoms. The number of hydrogen-bond donors (Lipinski definition) is 0. The maximum absolute atomic E-state index is 13.8. The van der Waals surface area contributed by atoms with E-state index in [9.17, 15) is 12.8 Å². The van der Waals surface area contributed by atoms with Gasteiger partial charge in [-0.15, -0.1) is 0 Å². The molecule has 3 atom stereocenters. The first-order valence-electron chi connectivity index (χ1n) is 7.49. The van der Waals surface area contributed by atoms with Crippen LogP contribution < -0.4 is 4.74 Å². The Bertz CT molecular complexity index is 670. The Morgan fingerprint density at radius 3 is 2.91 bits per heavy atom. The monoisotopic (exact) mass is 345 g/mol. The van der Waals surface area contributed by atoms with E-state index in [0.29, 0.717) is 19.4 Å². The van der Waals surface area contributed by atoms with Crippen LogP contribution in [-0.4, -0.2) is 67.5 Å². The van der Waals surface area contributed by atoms with Crippen LogP contribution in [0.2, 0.25) is 0 Å². The molecule has 1 saturated heterocycles. The largest absolute Gasteiger partial charge is 0.468 e. The molecule has 9 heteroatoms. The molecular formula is C14H20FN3O4S. The van der Waals surface area contributed by atoms with Crippen molar-refractivity contribution in [1.29, 1.82) is 0 Å². The molecule has 1 saturated carbocycles. The molecule has 0 amide bonds. The van der Waals surface area contributed by atoms with Gasteiger partial charge in [0.05, 0.1) is 18.8 Å². The first-order chi connectivity index (χ1) is 10.9. The Kier molecular flexibility index (Phi) is 4.54. The molecule has 128 valence electrons. The van der Waals surface area contributed by atoms with Crippen LogP contribution in [0.3, 0.4) is 0 Å². The van der Waals surface area contributed by atoms with Crippen molar-refractivity contribution in [2.45, 2.75) is 31.1 Å². The fourth-order valence-corrected chi connectivity index (χ4v) is 4.39. The highest BCUT2D eigenvalue weighted by atomic mass is 32.2. The van der Waals surface area contributed by atoms with Gasteiger partial charge in [0.15, 0.2) is 5.82 Å². The Morgan fingerprint density at radius 1 is 1.43 bits per heavy atom. The van der Waals surface area contributed by atoms with Gasteiger partial charge in [0.25, 0.3) is 16.1 Å². The van der Waals surface area contributed by atoms with Gasteiger partial charge < -0.3 is 9.47 Å². The van der Waals surface area contributed by atoms with Gasteiger partial charge in [-0.1, -0.05) is 0 Å². The smallest absolute Gasteiger partial charge is 0.281 e. The van der Waals surface area contributed by atoms with Gasteiger partial charge in [0.1, 0.15) is 6.10 Å². The van der Waals surface area contributed by atoms with Crippen LogP contribution in [0.5, 0.6) is 5.88 Å². The molecule has 1 aromatic heterocycles. The van der Waals surface area contributed by atoms with Crippen molar-refractivity contribution in [3.8, 4) is 5.88 Å². The minimum atomic E-state index is -3.60. The molecule has 3 rings (SSSR count). The third kappa shape index (κ3) is 3.06. The lowest BCUT2D eigenvalue weighted by Crippen LogP contribution is -2.51. The fourth-order valence-electron chi connectivity index (χ4n) is 3.09. The van der Waals surface area contributed by atoms with Crippen LogP contribution in [0.25, 0.3) is 0 Å². The summed E-state index contributed by atoms with van der Waals surface area (Å²) in [7, 11) is -0.625. The fraction of sp³-hybridized carbons (Fsp3) is 0.643. The highest BCUT2D eigenvalue weighted by Gasteiger charge is 2.48. The molecule has 2 bridgehead atoms. The topological polar surface area (TPSA) is 72.0 Å². The van der Waals surface area contributed by atoms with E-state index in [1.54, 1.807) is 0 Å². The Balaban J connectivity index is 1.89. The Hall–Kier alpha value is -1.29. The van der Waals surface area contributed by atoms with Crippen molar-refractivity contribution < 1.29 is 22.3 Å². The number of hydrogen-bond acceptors (Lipinski definition) is 5. The van der Waals surface area contributed by atoms with Gasteiger partial charge >= 0.3 is 0 Å². The predicted molar refractivity (Wildman–Crippen MR) is 80.7 cm³/mol. The normalized spacial score (nSPS) is 28.8. The highest BCUT2D eigenvalue weighted by Crippen LogP contribution is 2.34. The van der Waals surface area contributed by atoms with Crippen molar-refractivity contribution in [2.24, 2.45) is 0 Å². The molecule has 23 heavy (non-hydrogen) atoms. The Labute approximate surface area is 135 Å². The van der Waals surface area contributed by atoms with Crippen LogP contribution >= 0.6 is 0 Å². The van der Waals surface area contributed by atoms with Gasteiger partial charge in [0, 0.05) is 26.8 Å². The van der Waals surface area contributed by atoms with Gasteiger partial charge in [-0.05, 0) is 25.0 Å². The van der Waals surface area contributed by atoms with Crippen LogP contribution in [0.1, 0.15) is 12.8 Å². The van der Waals surface area contributed by atoms with E-state index >= 15 is 0 Å². The van der Waals surface area contributed by atoms with E-state index in [1.165, 1.54) is 41.0 Å². The van der Waals surface area contributed by atoms with Crippen LogP contribution in [0.15, 0.2) is 18.3 Å². The van der Waals surface area contributed by atoms with Gasteiger partial charge in [0.2, 0.25) is 0 Å². The average Bonchev–Trinajstić information content (AvgIpc) is 2.76. The second kappa shape index (κ2) is 6.31. The Morgan fingerprint density at radius 2 is 2.22 bits per heavy atom. The van der Waals surface area contributed by atoms with Crippen molar-refractivity contribution in [3.05, 3.63) is 24.1 Å². The third-order valence-corrected chi connectivity index (χ3v) is 6.21. The average molecular weight is 345 g/mol. The summed E-state index contributed by atoms with van der Waals surface area (Å²) in [6.07, 6.45) is 1.88. The molecule has 2 heterocycles. The van der Waals surface area contributed by atoms with E-state index < -0.39 is 28.2 Å². The van der Waals surface area contributed by atoms with E-state index in [1.807, 2.05) is 0 Å². The summed E-state index contributed by atoms with van der Waals surface area (Å²) in [6.45, 7) is 0.547. The molecular weight excluding hydrogens is 325 g/mol. The number of halogens is 1. The van der Waals surface area contributed by atoms with E-state index in [2.05, 4.69) is 4.98 Å². The summed E-state index contributed by atoms with van der Waals surface area (Å²) in [5.41, 5.74) is 0. The summed E-state index contributed by atoms with van der Waals surface area (Å²) in [6, 6.07) is 2.34. The van der Waals surface area contributed by atoms with Crippen molar-refractivity contribution in [2.75, 3.05) is 27.2 Å². The zero-order chi connectivity index (χ0) is 16.6. The first-order valence-corrected chi connectivity index (χ1v) is 8.89. The van der Waals surface area contributed by atoms with E-state index in [0.717, 1.165) is 0 Å². The lowest BCUT2D eigenvalue weighted by molar-refractivity contribution is 0.000662. The second-order valence-electron chi connectivity index (χ2n) is 5.83. The number of rotatable bonds is 4. The molecule has 1 aliphatic carbocycles. The van der Waals surface area contributed by atoms with Crippen molar-refractivity contribution >= 4 is 10.2 Å². The summed E-state index contributed by atoms with van der Waals surface area (Å²) >= 11 is 0. The van der Waals surface area contributed by atoms with Gasteiger partial charge in [-0.3, -0.25) is 0 Å². The molecule has 0 aromatic carbocycles. The number of ether oxygens (including phenoxy) is 2. The third-order valence-electron chi connectivity index (χ3n) is 4.24. The lowest BCUT2D eigenvalue weighted by atomic mass is 10.2. The van der Waals surface area contributed by atoms with Gasteiger partial charge in [-0.2, -0.15) is 17.0 Å².